The van der Waals surface area contributed by atoms with E-state index >= 15 is 0 Å². The van der Waals surface area contributed by atoms with Crippen LogP contribution in [0.15, 0.2) is 72.8 Å². The van der Waals surface area contributed by atoms with Gasteiger partial charge >= 0.3 is 0 Å². The highest BCUT2D eigenvalue weighted by Crippen LogP contribution is 2.40. The first-order chi connectivity index (χ1) is 27.4. The lowest BCUT2D eigenvalue weighted by atomic mass is 10.1. The molecule has 0 aliphatic carbocycles. The molecule has 13 heteroatoms. The Morgan fingerprint density at radius 2 is 0.667 bits per heavy atom. The van der Waals surface area contributed by atoms with E-state index in [9.17, 15) is 25.5 Å². The minimum Gasteiger partial charge on any atom is -0.504 e. The summed E-state index contributed by atoms with van der Waals surface area (Å²) in [4.78, 5) is 4.42. The van der Waals surface area contributed by atoms with Crippen LogP contribution in [-0.4, -0.2) is 78.0 Å². The fourth-order valence-corrected chi connectivity index (χ4v) is 6.88. The van der Waals surface area contributed by atoms with Gasteiger partial charge in [0.05, 0.1) is 49.3 Å². The molecule has 0 aromatic heterocycles. The van der Waals surface area contributed by atoms with Gasteiger partial charge in [0, 0.05) is 44.8 Å². The summed E-state index contributed by atoms with van der Waals surface area (Å²) < 4.78 is 32.6. The molecule has 0 spiro atoms. The van der Waals surface area contributed by atoms with E-state index in [1.54, 1.807) is 36.4 Å². The van der Waals surface area contributed by atoms with Crippen molar-refractivity contribution in [3.05, 3.63) is 117 Å². The van der Waals surface area contributed by atoms with Crippen LogP contribution in [0.4, 0.5) is 0 Å². The molecule has 0 saturated heterocycles. The number of rotatable bonds is 19. The first-order valence-corrected chi connectivity index (χ1v) is 18.2. The van der Waals surface area contributed by atoms with E-state index in [4.69, 9.17) is 28.4 Å². The smallest absolute Gasteiger partial charge is 0.200 e. The molecule has 0 fully saturated rings. The lowest BCUT2D eigenvalue weighted by Crippen LogP contribution is -2.23. The second-order valence-electron chi connectivity index (χ2n) is 13.7. The van der Waals surface area contributed by atoms with Crippen LogP contribution in [0.25, 0.3) is 0 Å². The number of aliphatic hydroxyl groups is 1. The fraction of sp³-hybridized carbons (Fsp3) is 0.318. The molecule has 0 heterocycles. The van der Waals surface area contributed by atoms with Crippen LogP contribution in [0, 0.1) is 6.92 Å². The first kappa shape index (κ1) is 42.1. The Bertz CT molecular complexity index is 2000. The van der Waals surface area contributed by atoms with Crippen LogP contribution in [0.2, 0.25) is 0 Å². The van der Waals surface area contributed by atoms with Gasteiger partial charge < -0.3 is 54.0 Å². The molecule has 0 aliphatic heterocycles. The number of hydrogen-bond acceptors (Lipinski definition) is 13. The molecular weight excluding hydrogens is 732 g/mol. The van der Waals surface area contributed by atoms with E-state index < -0.39 is 0 Å². The summed E-state index contributed by atoms with van der Waals surface area (Å²) in [6.07, 6.45) is 0. The van der Waals surface area contributed by atoms with Crippen molar-refractivity contribution < 1.29 is 54.0 Å². The molecule has 5 aromatic rings. The quantitative estimate of drug-likeness (QED) is 0.0597. The number of aryl methyl sites for hydroxylation is 1. The lowest BCUT2D eigenvalue weighted by molar-refractivity contribution is 0.242. The number of aliphatic hydroxyl groups excluding tert-OH is 1. The van der Waals surface area contributed by atoms with Crippen LogP contribution in [0.3, 0.4) is 0 Å². The molecule has 5 N–H and O–H groups in total. The number of hydrogen-bond donors (Lipinski definition) is 5. The lowest BCUT2D eigenvalue weighted by Gasteiger charge is -2.25. The van der Waals surface area contributed by atoms with Gasteiger partial charge in [0.25, 0.3) is 0 Å². The third-order valence-electron chi connectivity index (χ3n) is 9.69. The van der Waals surface area contributed by atoms with Crippen LogP contribution in [0.5, 0.6) is 57.5 Å². The Hall–Kier alpha value is -6.02. The van der Waals surface area contributed by atoms with Gasteiger partial charge in [-0.2, -0.15) is 0 Å². The summed E-state index contributed by atoms with van der Waals surface area (Å²) in [5, 5.41) is 52.1. The summed E-state index contributed by atoms with van der Waals surface area (Å²) in [6.45, 7) is 4.43. The van der Waals surface area contributed by atoms with Crippen LogP contribution in [0.1, 0.15) is 44.5 Å². The van der Waals surface area contributed by atoms with Crippen LogP contribution < -0.4 is 28.4 Å². The summed E-state index contributed by atoms with van der Waals surface area (Å²) in [5.41, 5.74) is 6.62. The van der Waals surface area contributed by atoms with E-state index in [0.717, 1.165) is 33.4 Å². The highest BCUT2D eigenvalue weighted by atomic mass is 16.5. The number of aromatic hydroxyl groups is 4. The average molecular weight is 785 g/mol. The molecule has 304 valence electrons. The van der Waals surface area contributed by atoms with Crippen molar-refractivity contribution in [1.82, 2.24) is 9.80 Å². The fourth-order valence-electron chi connectivity index (χ4n) is 6.88. The molecule has 0 radical (unpaired) electrons. The normalized spacial score (nSPS) is 11.2. The maximum Gasteiger partial charge on any atom is 0.200 e. The van der Waals surface area contributed by atoms with Crippen molar-refractivity contribution in [1.29, 1.82) is 0 Å². The third kappa shape index (κ3) is 10.2. The summed E-state index contributed by atoms with van der Waals surface area (Å²) >= 11 is 0. The Labute approximate surface area is 333 Å². The van der Waals surface area contributed by atoms with E-state index in [2.05, 4.69) is 34.1 Å². The van der Waals surface area contributed by atoms with Gasteiger partial charge in [0.1, 0.15) is 0 Å². The minimum absolute atomic E-state index is 0.0686. The zero-order valence-corrected chi connectivity index (χ0v) is 33.5. The predicted molar refractivity (Wildman–Crippen MR) is 215 cm³/mol. The molecule has 0 amide bonds. The topological polar surface area (TPSA) is 163 Å². The third-order valence-corrected chi connectivity index (χ3v) is 9.69. The second-order valence-corrected chi connectivity index (χ2v) is 13.7. The number of nitrogens with zero attached hydrogens (tertiary/aromatic N) is 2. The van der Waals surface area contributed by atoms with E-state index in [-0.39, 0.29) is 46.9 Å². The van der Waals surface area contributed by atoms with Gasteiger partial charge in [-0.1, -0.05) is 30.3 Å². The molecule has 0 bridgehead atoms. The van der Waals surface area contributed by atoms with Crippen molar-refractivity contribution in [2.45, 2.75) is 52.8 Å². The summed E-state index contributed by atoms with van der Waals surface area (Å²) in [6, 6.07) is 22.7. The molecule has 57 heavy (non-hydrogen) atoms. The largest absolute Gasteiger partial charge is 0.504 e. The number of phenols is 4. The summed E-state index contributed by atoms with van der Waals surface area (Å²) in [7, 11) is 8.96. The maximum absolute atomic E-state index is 10.6. The van der Waals surface area contributed by atoms with Gasteiger partial charge in [-0.3, -0.25) is 9.80 Å². The number of methoxy groups -OCH3 is 6. The Balaban J connectivity index is 1.44. The molecule has 5 rings (SSSR count). The number of benzene rings is 5. The molecule has 0 atom stereocenters. The minimum atomic E-state index is -0.353. The zero-order valence-electron chi connectivity index (χ0n) is 33.5. The molecule has 5 aromatic carbocycles. The maximum atomic E-state index is 10.6. The van der Waals surface area contributed by atoms with E-state index in [1.807, 2.05) is 19.1 Å². The van der Waals surface area contributed by atoms with Crippen LogP contribution >= 0.6 is 0 Å². The van der Waals surface area contributed by atoms with Gasteiger partial charge in [-0.05, 0) is 88.3 Å². The standard InChI is InChI=1S/C44H52N2O11/c1-27-12-30(14-35(52-2)41(27)48)22-45(24-32-16-37(54-4)43(50)38(17-32)55-5)20-28-8-10-29(11-9-28)21-46(23-31-13-34(26-47)42(49)36(15-31)53-3)25-33-18-39(56-6)44(51)40(19-33)57-7/h8-19,47-51H,20-26H2,1-7H3. The number of ether oxygens (including phenoxy) is 6. The molecule has 0 unspecified atom stereocenters. The summed E-state index contributed by atoms with van der Waals surface area (Å²) in [5.74, 6) is 1.71. The second kappa shape index (κ2) is 19.2. The molecular formula is C44H52N2O11. The highest BCUT2D eigenvalue weighted by molar-refractivity contribution is 5.54. The predicted octanol–water partition coefficient (Wildman–Crippen LogP) is 6.77. The van der Waals surface area contributed by atoms with Gasteiger partial charge in [-0.15, -0.1) is 0 Å². The molecule has 13 nitrogen and oxygen atoms in total. The van der Waals surface area contributed by atoms with Crippen molar-refractivity contribution in [2.75, 3.05) is 42.7 Å². The van der Waals surface area contributed by atoms with E-state index in [1.165, 1.54) is 42.7 Å². The van der Waals surface area contributed by atoms with Crippen molar-refractivity contribution >= 4 is 0 Å². The van der Waals surface area contributed by atoms with Crippen molar-refractivity contribution in [2.24, 2.45) is 0 Å². The Morgan fingerprint density at radius 3 is 1.00 bits per heavy atom. The molecule has 0 aliphatic rings. The molecule has 0 saturated carbocycles. The Morgan fingerprint density at radius 1 is 0.386 bits per heavy atom. The van der Waals surface area contributed by atoms with Gasteiger partial charge in [0.2, 0.25) is 11.5 Å². The highest BCUT2D eigenvalue weighted by Gasteiger charge is 2.19. The van der Waals surface area contributed by atoms with Gasteiger partial charge in [-0.25, -0.2) is 0 Å². The average Bonchev–Trinajstić information content (AvgIpc) is 3.21. The van der Waals surface area contributed by atoms with Crippen LogP contribution in [-0.2, 0) is 45.9 Å². The Kier molecular flexibility index (Phi) is 14.2. The van der Waals surface area contributed by atoms with Crippen molar-refractivity contribution in [3.8, 4) is 57.5 Å². The first-order valence-electron chi connectivity index (χ1n) is 18.2. The van der Waals surface area contributed by atoms with E-state index in [0.29, 0.717) is 67.6 Å². The number of phenolic OH excluding ortho intramolecular Hbond substituents is 3. The van der Waals surface area contributed by atoms with Crippen molar-refractivity contribution in [3.63, 3.8) is 0 Å². The monoisotopic (exact) mass is 784 g/mol. The SMILES string of the molecule is COc1cc(CN(Cc2ccc(CN(Cc3cc(CO)c(O)c(OC)c3)Cc3cc(OC)c(O)c(OC)c3)cc2)Cc2cc(OC)c(O)c(OC)c2)cc(C)c1O. The van der Waals surface area contributed by atoms with Gasteiger partial charge in [0.15, 0.2) is 46.0 Å². The zero-order chi connectivity index (χ0) is 41.2.